The lowest BCUT2D eigenvalue weighted by Crippen LogP contribution is -2.30. The van der Waals surface area contributed by atoms with Crippen LogP contribution < -0.4 is 15.4 Å². The molecule has 0 saturated heterocycles. The predicted octanol–water partition coefficient (Wildman–Crippen LogP) is 5.11. The van der Waals surface area contributed by atoms with Crippen molar-refractivity contribution in [3.05, 3.63) is 95.4 Å². The highest BCUT2D eigenvalue weighted by Crippen LogP contribution is 2.40. The van der Waals surface area contributed by atoms with Crippen molar-refractivity contribution in [2.45, 2.75) is 13.0 Å². The fourth-order valence-corrected chi connectivity index (χ4v) is 4.12. The smallest absolute Gasteiger partial charge is 0.255 e. The van der Waals surface area contributed by atoms with Gasteiger partial charge in [-0.25, -0.2) is 9.37 Å². The molecule has 160 valence electrons. The van der Waals surface area contributed by atoms with Crippen LogP contribution in [0.15, 0.2) is 84.1 Å². The molecule has 1 amide bonds. The van der Waals surface area contributed by atoms with Crippen LogP contribution >= 0.6 is 0 Å². The van der Waals surface area contributed by atoms with Crippen molar-refractivity contribution < 1.29 is 13.9 Å². The van der Waals surface area contributed by atoms with Gasteiger partial charge in [0.2, 0.25) is 5.95 Å². The summed E-state index contributed by atoms with van der Waals surface area (Å²) in [5.41, 5.74) is 4.37. The van der Waals surface area contributed by atoms with Crippen molar-refractivity contribution in [2.24, 2.45) is 0 Å². The highest BCUT2D eigenvalue weighted by Gasteiger charge is 2.34. The lowest BCUT2D eigenvalue weighted by atomic mass is 9.94. The van der Waals surface area contributed by atoms with Gasteiger partial charge in [0.1, 0.15) is 11.6 Å². The summed E-state index contributed by atoms with van der Waals surface area (Å²) in [7, 11) is 1.61. The van der Waals surface area contributed by atoms with Gasteiger partial charge in [-0.2, -0.15) is 0 Å². The van der Waals surface area contributed by atoms with E-state index in [0.717, 1.165) is 16.6 Å². The number of ether oxygens (including phenoxy) is 1. The number of hydrogen-bond donors (Lipinski definition) is 2. The highest BCUT2D eigenvalue weighted by atomic mass is 19.1. The predicted molar refractivity (Wildman–Crippen MR) is 122 cm³/mol. The topological polar surface area (TPSA) is 68.2 Å². The monoisotopic (exact) mass is 428 g/mol. The first-order valence-corrected chi connectivity index (χ1v) is 10.2. The van der Waals surface area contributed by atoms with E-state index >= 15 is 0 Å². The zero-order chi connectivity index (χ0) is 22.2. The number of halogens is 1. The first-order valence-electron chi connectivity index (χ1n) is 10.2. The van der Waals surface area contributed by atoms with Gasteiger partial charge in [-0.1, -0.05) is 24.3 Å². The average Bonchev–Trinajstić information content (AvgIpc) is 3.17. The summed E-state index contributed by atoms with van der Waals surface area (Å²) >= 11 is 0. The second-order valence-corrected chi connectivity index (χ2v) is 7.60. The molecule has 1 aliphatic heterocycles. The van der Waals surface area contributed by atoms with E-state index in [1.807, 2.05) is 60.0 Å². The number of para-hydroxylation sites is 2. The largest absolute Gasteiger partial charge is 0.497 e. The molecule has 32 heavy (non-hydrogen) atoms. The summed E-state index contributed by atoms with van der Waals surface area (Å²) in [5, 5.41) is 6.18. The summed E-state index contributed by atoms with van der Waals surface area (Å²) in [5.74, 6) is 0.720. The van der Waals surface area contributed by atoms with E-state index in [4.69, 9.17) is 9.72 Å². The van der Waals surface area contributed by atoms with Crippen LogP contribution in [0.3, 0.4) is 0 Å². The van der Waals surface area contributed by atoms with Gasteiger partial charge in [-0.15, -0.1) is 0 Å². The Labute approximate surface area is 184 Å². The van der Waals surface area contributed by atoms with Crippen LogP contribution in [0.25, 0.3) is 11.0 Å². The standard InChI is InChI=1S/C25H21FN4O2/c1-15-22(24(31)28-18-12-10-17(26)11-13-18)23(16-6-5-7-19(14-16)32-2)30-21-9-4-3-8-20(21)29-25(30)27-15/h3-14,23H,1-2H3,(H,27,29)(H,28,31)/t23-/m1/s1. The van der Waals surface area contributed by atoms with Crippen molar-refractivity contribution in [3.63, 3.8) is 0 Å². The quantitative estimate of drug-likeness (QED) is 0.474. The molecule has 0 spiro atoms. The molecule has 7 heteroatoms. The van der Waals surface area contributed by atoms with Crippen LogP contribution in [0.2, 0.25) is 0 Å². The molecule has 0 radical (unpaired) electrons. The maximum absolute atomic E-state index is 13.5. The number of amides is 1. The Bertz CT molecular complexity index is 1360. The summed E-state index contributed by atoms with van der Waals surface area (Å²) in [6.07, 6.45) is 0. The van der Waals surface area contributed by atoms with Gasteiger partial charge in [-0.3, -0.25) is 9.36 Å². The molecule has 1 aromatic heterocycles. The molecule has 0 fully saturated rings. The van der Waals surface area contributed by atoms with Crippen molar-refractivity contribution in [3.8, 4) is 5.75 Å². The number of fused-ring (bicyclic) bond motifs is 3. The minimum Gasteiger partial charge on any atom is -0.497 e. The summed E-state index contributed by atoms with van der Waals surface area (Å²) in [6, 6.07) is 20.7. The Kier molecular flexibility index (Phi) is 4.86. The molecule has 0 bridgehead atoms. The Morgan fingerprint density at radius 1 is 1.09 bits per heavy atom. The van der Waals surface area contributed by atoms with Gasteiger partial charge in [0.15, 0.2) is 0 Å². The Morgan fingerprint density at radius 2 is 1.88 bits per heavy atom. The number of nitrogens with zero attached hydrogens (tertiary/aromatic N) is 2. The molecule has 0 unspecified atom stereocenters. The highest BCUT2D eigenvalue weighted by molar-refractivity contribution is 6.06. The lowest BCUT2D eigenvalue weighted by Gasteiger charge is -2.31. The van der Waals surface area contributed by atoms with Gasteiger partial charge in [0.05, 0.1) is 29.8 Å². The number of imidazole rings is 1. The number of methoxy groups -OCH3 is 1. The molecule has 0 aliphatic carbocycles. The SMILES string of the molecule is COc1cccc([C@@H]2C(C(=O)Nc3ccc(F)cc3)=C(C)Nc3nc4ccccc4n32)c1. The Hall–Kier alpha value is -4.13. The van der Waals surface area contributed by atoms with Crippen LogP contribution in [0, 0.1) is 5.82 Å². The number of carbonyl (C=O) groups excluding carboxylic acids is 1. The molecular weight excluding hydrogens is 407 g/mol. The van der Waals surface area contributed by atoms with Crippen LogP contribution in [0.1, 0.15) is 18.5 Å². The summed E-state index contributed by atoms with van der Waals surface area (Å²) in [6.45, 7) is 1.86. The zero-order valence-corrected chi connectivity index (χ0v) is 17.6. The third-order valence-electron chi connectivity index (χ3n) is 5.59. The maximum Gasteiger partial charge on any atom is 0.255 e. The number of benzene rings is 3. The van der Waals surface area contributed by atoms with Crippen molar-refractivity contribution in [1.29, 1.82) is 0 Å². The fourth-order valence-electron chi connectivity index (χ4n) is 4.12. The number of rotatable bonds is 4. The molecule has 2 heterocycles. The van der Waals surface area contributed by atoms with Gasteiger partial charge in [0, 0.05) is 11.4 Å². The minimum absolute atomic E-state index is 0.280. The van der Waals surface area contributed by atoms with Gasteiger partial charge >= 0.3 is 0 Å². The molecule has 6 nitrogen and oxygen atoms in total. The van der Waals surface area contributed by atoms with Crippen molar-refractivity contribution >= 4 is 28.6 Å². The Balaban J connectivity index is 1.66. The van der Waals surface area contributed by atoms with E-state index in [2.05, 4.69) is 10.6 Å². The number of allylic oxidation sites excluding steroid dienone is 1. The molecule has 3 aromatic carbocycles. The van der Waals surface area contributed by atoms with E-state index in [1.165, 1.54) is 24.3 Å². The van der Waals surface area contributed by atoms with E-state index in [-0.39, 0.29) is 11.7 Å². The molecule has 0 saturated carbocycles. The summed E-state index contributed by atoms with van der Waals surface area (Å²) in [4.78, 5) is 18.2. The van der Waals surface area contributed by atoms with Crippen LogP contribution in [0.5, 0.6) is 5.75 Å². The zero-order valence-electron chi connectivity index (χ0n) is 17.6. The first kappa shape index (κ1) is 19.8. The van der Waals surface area contributed by atoms with Gasteiger partial charge < -0.3 is 15.4 Å². The number of aromatic nitrogens is 2. The van der Waals surface area contributed by atoms with Crippen LogP contribution in [-0.4, -0.2) is 22.6 Å². The lowest BCUT2D eigenvalue weighted by molar-refractivity contribution is -0.113. The van der Waals surface area contributed by atoms with Crippen molar-refractivity contribution in [1.82, 2.24) is 9.55 Å². The number of nitrogens with one attached hydrogen (secondary N) is 2. The van der Waals surface area contributed by atoms with E-state index < -0.39 is 6.04 Å². The van der Waals surface area contributed by atoms with E-state index in [9.17, 15) is 9.18 Å². The third-order valence-corrected chi connectivity index (χ3v) is 5.59. The molecule has 1 atom stereocenters. The molecule has 1 aliphatic rings. The molecule has 5 rings (SSSR count). The molecule has 2 N–H and O–H groups in total. The van der Waals surface area contributed by atoms with Crippen LogP contribution in [-0.2, 0) is 4.79 Å². The number of carbonyl (C=O) groups is 1. The van der Waals surface area contributed by atoms with Gasteiger partial charge in [-0.05, 0) is 61.0 Å². The van der Waals surface area contributed by atoms with Crippen LogP contribution in [0.4, 0.5) is 16.0 Å². The average molecular weight is 428 g/mol. The number of anilines is 2. The normalized spacial score (nSPS) is 15.3. The first-order chi connectivity index (χ1) is 15.5. The van der Waals surface area contributed by atoms with Gasteiger partial charge in [0.25, 0.3) is 5.91 Å². The fraction of sp³-hybridized carbons (Fsp3) is 0.120. The summed E-state index contributed by atoms with van der Waals surface area (Å²) < 4.78 is 20.8. The van der Waals surface area contributed by atoms with E-state index in [0.29, 0.717) is 28.7 Å². The maximum atomic E-state index is 13.5. The minimum atomic E-state index is -0.436. The third kappa shape index (κ3) is 3.37. The van der Waals surface area contributed by atoms with Crippen molar-refractivity contribution in [2.75, 3.05) is 17.7 Å². The number of hydrogen-bond acceptors (Lipinski definition) is 4. The Morgan fingerprint density at radius 3 is 2.66 bits per heavy atom. The second kappa shape index (κ2) is 7.85. The second-order valence-electron chi connectivity index (χ2n) is 7.60. The van der Waals surface area contributed by atoms with E-state index in [1.54, 1.807) is 7.11 Å². The molecule has 4 aromatic rings. The molecular formula is C25H21FN4O2.